The number of amides is 4. The van der Waals surface area contributed by atoms with Gasteiger partial charge in [0.25, 0.3) is 11.6 Å². The first-order chi connectivity index (χ1) is 10.7. The lowest BCUT2D eigenvalue weighted by Gasteiger charge is -2.29. The van der Waals surface area contributed by atoms with E-state index < -0.39 is 36.2 Å². The van der Waals surface area contributed by atoms with Crippen LogP contribution in [0.2, 0.25) is 0 Å². The van der Waals surface area contributed by atoms with Crippen molar-refractivity contribution < 1.29 is 32.0 Å². The fourth-order valence-electron chi connectivity index (χ4n) is 2.12. The van der Waals surface area contributed by atoms with Crippen LogP contribution in [-0.2, 0) is 16.1 Å². The van der Waals surface area contributed by atoms with E-state index in [0.29, 0.717) is 4.90 Å². The molecule has 0 saturated carbocycles. The molecule has 1 unspecified atom stereocenters. The van der Waals surface area contributed by atoms with Crippen LogP contribution in [0.5, 0.6) is 0 Å². The maximum atomic E-state index is 13.4. The Kier molecular flexibility index (Phi) is 4.35. The fourth-order valence-corrected chi connectivity index (χ4v) is 2.12. The van der Waals surface area contributed by atoms with E-state index >= 15 is 0 Å². The van der Waals surface area contributed by atoms with Gasteiger partial charge >= 0.3 is 12.2 Å². The summed E-state index contributed by atoms with van der Waals surface area (Å²) in [6.07, 6.45) is -3.86. The molecule has 1 fully saturated rings. The van der Waals surface area contributed by atoms with Gasteiger partial charge in [0.05, 0.1) is 12.8 Å². The quantitative estimate of drug-likeness (QED) is 0.799. The second-order valence-corrected chi connectivity index (χ2v) is 4.95. The van der Waals surface area contributed by atoms with E-state index in [0.717, 1.165) is 0 Å². The van der Waals surface area contributed by atoms with E-state index in [1.807, 2.05) is 0 Å². The molecule has 0 radical (unpaired) electrons. The van der Waals surface area contributed by atoms with Crippen molar-refractivity contribution in [2.45, 2.75) is 38.1 Å². The van der Waals surface area contributed by atoms with Crippen LogP contribution in [0.4, 0.5) is 18.0 Å². The zero-order valence-corrected chi connectivity index (χ0v) is 12.1. The SMILES string of the molecule is CCCC(=O)NC1(C(F)(F)F)NC(=O)N(Cc2ccco2)C1=O. The van der Waals surface area contributed by atoms with E-state index in [9.17, 15) is 27.6 Å². The van der Waals surface area contributed by atoms with Crippen LogP contribution in [0.25, 0.3) is 0 Å². The van der Waals surface area contributed by atoms with Crippen LogP contribution in [-0.4, -0.2) is 34.6 Å². The summed E-state index contributed by atoms with van der Waals surface area (Å²) < 4.78 is 45.1. The largest absolute Gasteiger partial charge is 0.467 e. The highest BCUT2D eigenvalue weighted by atomic mass is 19.4. The molecule has 1 aliphatic rings. The van der Waals surface area contributed by atoms with Gasteiger partial charge in [-0.2, -0.15) is 13.2 Å². The third kappa shape index (κ3) is 3.01. The molecule has 1 saturated heterocycles. The van der Waals surface area contributed by atoms with Gasteiger partial charge in [0.2, 0.25) is 5.91 Å². The van der Waals surface area contributed by atoms with E-state index in [4.69, 9.17) is 4.42 Å². The van der Waals surface area contributed by atoms with Crippen molar-refractivity contribution in [2.75, 3.05) is 0 Å². The lowest BCUT2D eigenvalue weighted by atomic mass is 10.1. The Hall–Kier alpha value is -2.52. The molecule has 2 rings (SSSR count). The lowest BCUT2D eigenvalue weighted by Crippen LogP contribution is -2.69. The third-order valence-electron chi connectivity index (χ3n) is 3.23. The molecule has 0 aromatic carbocycles. The maximum Gasteiger partial charge on any atom is 0.440 e. The standard InChI is InChI=1S/C13H14F3N3O4/c1-2-4-9(20)17-12(13(14,15)16)10(21)19(11(22)18-12)7-8-5-3-6-23-8/h3,5-6H,2,4,7H2,1H3,(H,17,20)(H,18,22). The number of nitrogens with zero attached hydrogens (tertiary/aromatic N) is 1. The first kappa shape index (κ1) is 16.8. The number of halogens is 3. The molecule has 1 aromatic rings. The normalized spacial score (nSPS) is 21.5. The Balaban J connectivity index is 2.31. The van der Waals surface area contributed by atoms with Gasteiger partial charge in [-0.25, -0.2) is 4.79 Å². The van der Waals surface area contributed by atoms with Crippen LogP contribution < -0.4 is 10.6 Å². The molecule has 23 heavy (non-hydrogen) atoms. The predicted octanol–water partition coefficient (Wildman–Crippen LogP) is 1.51. The van der Waals surface area contributed by atoms with Gasteiger partial charge in [0.15, 0.2) is 0 Å². The first-order valence-electron chi connectivity index (χ1n) is 6.75. The van der Waals surface area contributed by atoms with Crippen LogP contribution in [0.1, 0.15) is 25.5 Å². The smallest absolute Gasteiger partial charge is 0.440 e. The van der Waals surface area contributed by atoms with Gasteiger partial charge in [-0.1, -0.05) is 6.92 Å². The molecule has 2 heterocycles. The number of carbonyl (C=O) groups is 3. The zero-order chi connectivity index (χ0) is 17.3. The van der Waals surface area contributed by atoms with Gasteiger partial charge in [0.1, 0.15) is 5.76 Å². The summed E-state index contributed by atoms with van der Waals surface area (Å²) in [5.41, 5.74) is -3.46. The number of hydrogen-bond acceptors (Lipinski definition) is 4. The molecule has 126 valence electrons. The van der Waals surface area contributed by atoms with Crippen LogP contribution in [0, 0.1) is 0 Å². The molecule has 4 amide bonds. The Morgan fingerprint density at radius 1 is 1.43 bits per heavy atom. The number of carbonyl (C=O) groups excluding carboxylic acids is 3. The number of hydrogen-bond donors (Lipinski definition) is 2. The number of nitrogens with one attached hydrogen (secondary N) is 2. The maximum absolute atomic E-state index is 13.4. The second kappa shape index (κ2) is 5.94. The highest BCUT2D eigenvalue weighted by molar-refractivity contribution is 6.08. The summed E-state index contributed by atoms with van der Waals surface area (Å²) in [7, 11) is 0. The van der Waals surface area contributed by atoms with E-state index in [1.54, 1.807) is 17.6 Å². The Morgan fingerprint density at radius 2 is 2.13 bits per heavy atom. The van der Waals surface area contributed by atoms with Crippen molar-refractivity contribution in [3.05, 3.63) is 24.2 Å². The van der Waals surface area contributed by atoms with Crippen molar-refractivity contribution in [2.24, 2.45) is 0 Å². The fraction of sp³-hybridized carbons (Fsp3) is 0.462. The number of furan rings is 1. The van der Waals surface area contributed by atoms with Crippen molar-refractivity contribution in [1.29, 1.82) is 0 Å². The topological polar surface area (TPSA) is 91.7 Å². The van der Waals surface area contributed by atoms with Crippen LogP contribution in [0.3, 0.4) is 0 Å². The van der Waals surface area contributed by atoms with Gasteiger partial charge in [-0.05, 0) is 18.6 Å². The first-order valence-corrected chi connectivity index (χ1v) is 6.75. The minimum Gasteiger partial charge on any atom is -0.467 e. The minimum atomic E-state index is -5.19. The summed E-state index contributed by atoms with van der Waals surface area (Å²) in [6.45, 7) is 1.12. The monoisotopic (exact) mass is 333 g/mol. The third-order valence-corrected chi connectivity index (χ3v) is 3.23. The highest BCUT2D eigenvalue weighted by Gasteiger charge is 2.68. The molecule has 2 N–H and O–H groups in total. The summed E-state index contributed by atoms with van der Waals surface area (Å²) in [5, 5.41) is 3.15. The van der Waals surface area contributed by atoms with E-state index in [1.165, 1.54) is 18.4 Å². The van der Waals surface area contributed by atoms with E-state index in [2.05, 4.69) is 0 Å². The zero-order valence-electron chi connectivity index (χ0n) is 12.1. The molecule has 7 nitrogen and oxygen atoms in total. The average molecular weight is 333 g/mol. The molecule has 0 aliphatic carbocycles. The average Bonchev–Trinajstić information content (AvgIpc) is 3.02. The Morgan fingerprint density at radius 3 is 2.65 bits per heavy atom. The number of imide groups is 1. The molecular weight excluding hydrogens is 319 g/mol. The number of urea groups is 1. The molecule has 1 aromatic heterocycles. The summed E-state index contributed by atoms with van der Waals surface area (Å²) in [5.74, 6) is -2.46. The van der Waals surface area contributed by atoms with Crippen molar-refractivity contribution >= 4 is 17.8 Å². The number of rotatable bonds is 5. The van der Waals surface area contributed by atoms with Crippen LogP contribution >= 0.6 is 0 Å². The predicted molar refractivity (Wildman–Crippen MR) is 69.6 cm³/mol. The van der Waals surface area contributed by atoms with Gasteiger partial charge in [-0.3, -0.25) is 19.8 Å². The Labute approximate surface area is 128 Å². The minimum absolute atomic E-state index is 0.131. The molecular formula is C13H14F3N3O4. The molecule has 0 bridgehead atoms. The van der Waals surface area contributed by atoms with Gasteiger partial charge in [0, 0.05) is 6.42 Å². The summed E-state index contributed by atoms with van der Waals surface area (Å²) in [4.78, 5) is 36.0. The van der Waals surface area contributed by atoms with Crippen molar-refractivity contribution in [3.8, 4) is 0 Å². The summed E-state index contributed by atoms with van der Waals surface area (Å²) >= 11 is 0. The highest BCUT2D eigenvalue weighted by Crippen LogP contribution is 2.34. The molecule has 1 aliphatic heterocycles. The lowest BCUT2D eigenvalue weighted by molar-refractivity contribution is -0.204. The van der Waals surface area contributed by atoms with Gasteiger partial charge < -0.3 is 9.73 Å². The van der Waals surface area contributed by atoms with Gasteiger partial charge in [-0.15, -0.1) is 0 Å². The number of alkyl halides is 3. The second-order valence-electron chi connectivity index (χ2n) is 4.95. The van der Waals surface area contributed by atoms with Crippen LogP contribution in [0.15, 0.2) is 22.8 Å². The van der Waals surface area contributed by atoms with E-state index in [-0.39, 0.29) is 18.6 Å². The van der Waals surface area contributed by atoms with Crippen molar-refractivity contribution in [3.63, 3.8) is 0 Å². The Bertz CT molecular complexity index is 614. The molecule has 1 atom stereocenters. The summed E-state index contributed by atoms with van der Waals surface area (Å²) in [6, 6.07) is 1.61. The molecule has 10 heteroatoms. The van der Waals surface area contributed by atoms with Crippen molar-refractivity contribution in [1.82, 2.24) is 15.5 Å². The molecule has 0 spiro atoms.